The molecule has 0 radical (unpaired) electrons. The van der Waals surface area contributed by atoms with Gasteiger partial charge in [0.2, 0.25) is 0 Å². The summed E-state index contributed by atoms with van der Waals surface area (Å²) >= 11 is 0. The van der Waals surface area contributed by atoms with E-state index in [1.165, 1.54) is 116 Å². The average Bonchev–Trinajstić information content (AvgIpc) is 2.59. The maximum atomic E-state index is 3.49. The van der Waals surface area contributed by atoms with Crippen LogP contribution < -0.4 is 5.32 Å². The lowest BCUT2D eigenvalue weighted by molar-refractivity contribution is 0.227. The van der Waals surface area contributed by atoms with E-state index in [1.807, 2.05) is 0 Å². The number of piperidine rings is 1. The minimum atomic E-state index is 0.985. The van der Waals surface area contributed by atoms with Crippen molar-refractivity contribution in [1.29, 1.82) is 0 Å². The van der Waals surface area contributed by atoms with Gasteiger partial charge in [0.25, 0.3) is 0 Å². The standard InChI is InChI=1S/C21H44N2/c1-3-5-7-8-9-10-12-19-23(18-11-6-4-2)20-15-21-13-16-22-17-14-21/h21-22H,3-20H2,1-2H3. The van der Waals surface area contributed by atoms with Crippen LogP contribution in [-0.2, 0) is 0 Å². The van der Waals surface area contributed by atoms with Crippen LogP contribution >= 0.6 is 0 Å². The third kappa shape index (κ3) is 12.0. The normalized spacial score (nSPS) is 16.3. The van der Waals surface area contributed by atoms with Crippen molar-refractivity contribution >= 4 is 0 Å². The highest BCUT2D eigenvalue weighted by molar-refractivity contribution is 4.70. The van der Waals surface area contributed by atoms with E-state index >= 15 is 0 Å². The number of unbranched alkanes of at least 4 members (excludes halogenated alkanes) is 8. The van der Waals surface area contributed by atoms with E-state index in [0.29, 0.717) is 0 Å². The fourth-order valence-corrected chi connectivity index (χ4v) is 3.75. The summed E-state index contributed by atoms with van der Waals surface area (Å²) in [7, 11) is 0. The third-order valence-electron chi connectivity index (χ3n) is 5.47. The van der Waals surface area contributed by atoms with Crippen LogP contribution in [0.4, 0.5) is 0 Å². The average molecular weight is 325 g/mol. The van der Waals surface area contributed by atoms with E-state index in [2.05, 4.69) is 24.1 Å². The molecule has 1 aliphatic heterocycles. The zero-order chi connectivity index (χ0) is 16.6. The SMILES string of the molecule is CCCCCCCCCN(CCCCC)CCC1CCNCC1. The Morgan fingerprint density at radius 3 is 1.87 bits per heavy atom. The van der Waals surface area contributed by atoms with E-state index in [4.69, 9.17) is 0 Å². The van der Waals surface area contributed by atoms with Crippen molar-refractivity contribution in [2.45, 2.75) is 97.3 Å². The fraction of sp³-hybridized carbons (Fsp3) is 1.00. The van der Waals surface area contributed by atoms with Gasteiger partial charge < -0.3 is 10.2 Å². The van der Waals surface area contributed by atoms with E-state index in [0.717, 1.165) is 5.92 Å². The first kappa shape index (κ1) is 21.0. The Hall–Kier alpha value is -0.0800. The summed E-state index contributed by atoms with van der Waals surface area (Å²) in [4.78, 5) is 2.78. The van der Waals surface area contributed by atoms with Gasteiger partial charge in [0.05, 0.1) is 0 Å². The predicted molar refractivity (Wildman–Crippen MR) is 104 cm³/mol. The highest BCUT2D eigenvalue weighted by Crippen LogP contribution is 2.17. The van der Waals surface area contributed by atoms with Crippen molar-refractivity contribution in [3.05, 3.63) is 0 Å². The first-order chi connectivity index (χ1) is 11.4. The van der Waals surface area contributed by atoms with Crippen molar-refractivity contribution in [1.82, 2.24) is 10.2 Å². The number of nitrogens with zero attached hydrogens (tertiary/aromatic N) is 1. The summed E-state index contributed by atoms with van der Waals surface area (Å²) in [5, 5.41) is 3.49. The van der Waals surface area contributed by atoms with Gasteiger partial charge in [-0.2, -0.15) is 0 Å². The Bertz CT molecular complexity index is 236. The highest BCUT2D eigenvalue weighted by atomic mass is 15.1. The van der Waals surface area contributed by atoms with Gasteiger partial charge in [0, 0.05) is 0 Å². The first-order valence-corrected chi connectivity index (χ1v) is 10.8. The fourth-order valence-electron chi connectivity index (χ4n) is 3.75. The maximum absolute atomic E-state index is 3.49. The molecule has 138 valence electrons. The van der Waals surface area contributed by atoms with Gasteiger partial charge in [0.15, 0.2) is 0 Å². The second-order valence-corrected chi connectivity index (χ2v) is 7.65. The molecule has 1 heterocycles. The van der Waals surface area contributed by atoms with E-state index < -0.39 is 0 Å². The molecular weight excluding hydrogens is 280 g/mol. The van der Waals surface area contributed by atoms with Crippen LogP contribution in [0.15, 0.2) is 0 Å². The van der Waals surface area contributed by atoms with Crippen LogP contribution in [0.2, 0.25) is 0 Å². The van der Waals surface area contributed by atoms with Crippen LogP contribution in [-0.4, -0.2) is 37.6 Å². The van der Waals surface area contributed by atoms with Crippen molar-refractivity contribution < 1.29 is 0 Å². The van der Waals surface area contributed by atoms with Crippen LogP contribution in [0, 0.1) is 5.92 Å². The Morgan fingerprint density at radius 1 is 0.696 bits per heavy atom. The molecule has 23 heavy (non-hydrogen) atoms. The van der Waals surface area contributed by atoms with Crippen LogP contribution in [0.25, 0.3) is 0 Å². The molecule has 0 saturated carbocycles. The van der Waals surface area contributed by atoms with Crippen molar-refractivity contribution in [2.24, 2.45) is 5.92 Å². The summed E-state index contributed by atoms with van der Waals surface area (Å²) in [5.74, 6) is 0.985. The molecule has 0 aromatic carbocycles. The molecule has 1 fully saturated rings. The Balaban J connectivity index is 2.11. The zero-order valence-corrected chi connectivity index (χ0v) is 16.3. The topological polar surface area (TPSA) is 15.3 Å². The third-order valence-corrected chi connectivity index (χ3v) is 5.47. The molecule has 2 nitrogen and oxygen atoms in total. The van der Waals surface area contributed by atoms with E-state index in [-0.39, 0.29) is 0 Å². The van der Waals surface area contributed by atoms with Crippen LogP contribution in [0.1, 0.15) is 97.3 Å². The lowest BCUT2D eigenvalue weighted by Crippen LogP contribution is -2.32. The molecule has 2 heteroatoms. The molecule has 1 rings (SSSR count). The van der Waals surface area contributed by atoms with Gasteiger partial charge in [-0.05, 0) is 70.7 Å². The minimum absolute atomic E-state index is 0.985. The number of hydrogen-bond acceptors (Lipinski definition) is 2. The molecule has 0 amide bonds. The molecule has 0 spiro atoms. The molecule has 1 aliphatic rings. The zero-order valence-electron chi connectivity index (χ0n) is 16.3. The molecule has 0 aromatic rings. The molecule has 0 bridgehead atoms. The second kappa shape index (κ2) is 15.4. The van der Waals surface area contributed by atoms with Gasteiger partial charge in [-0.1, -0.05) is 65.2 Å². The maximum Gasteiger partial charge on any atom is -0.00161 e. The van der Waals surface area contributed by atoms with Gasteiger partial charge in [-0.3, -0.25) is 0 Å². The lowest BCUT2D eigenvalue weighted by atomic mass is 9.94. The molecule has 1 saturated heterocycles. The van der Waals surface area contributed by atoms with Crippen molar-refractivity contribution in [3.63, 3.8) is 0 Å². The van der Waals surface area contributed by atoms with Crippen LogP contribution in [0.5, 0.6) is 0 Å². The number of hydrogen-bond donors (Lipinski definition) is 1. The molecule has 0 atom stereocenters. The van der Waals surface area contributed by atoms with Crippen LogP contribution in [0.3, 0.4) is 0 Å². The number of rotatable bonds is 15. The largest absolute Gasteiger partial charge is 0.317 e. The molecule has 0 aliphatic carbocycles. The number of nitrogens with one attached hydrogen (secondary N) is 1. The molecular formula is C21H44N2. The smallest absolute Gasteiger partial charge is 0.00161 e. The Kier molecular flexibility index (Phi) is 14.1. The second-order valence-electron chi connectivity index (χ2n) is 7.65. The van der Waals surface area contributed by atoms with Gasteiger partial charge in [-0.15, -0.1) is 0 Å². The highest BCUT2D eigenvalue weighted by Gasteiger charge is 2.14. The minimum Gasteiger partial charge on any atom is -0.317 e. The van der Waals surface area contributed by atoms with Gasteiger partial charge >= 0.3 is 0 Å². The van der Waals surface area contributed by atoms with Gasteiger partial charge in [0.1, 0.15) is 0 Å². The summed E-state index contributed by atoms with van der Waals surface area (Å²) in [5.41, 5.74) is 0. The molecule has 1 N–H and O–H groups in total. The predicted octanol–water partition coefficient (Wildman–Crippen LogP) is 5.62. The molecule has 0 aromatic heterocycles. The lowest BCUT2D eigenvalue weighted by Gasteiger charge is -2.27. The Labute approximate surface area is 146 Å². The van der Waals surface area contributed by atoms with Crippen molar-refractivity contribution in [3.8, 4) is 0 Å². The first-order valence-electron chi connectivity index (χ1n) is 10.8. The summed E-state index contributed by atoms with van der Waals surface area (Å²) < 4.78 is 0. The monoisotopic (exact) mass is 324 g/mol. The molecule has 0 unspecified atom stereocenters. The summed E-state index contributed by atoms with van der Waals surface area (Å²) in [6, 6.07) is 0. The summed E-state index contributed by atoms with van der Waals surface area (Å²) in [6.07, 6.45) is 18.4. The Morgan fingerprint density at radius 2 is 1.22 bits per heavy atom. The summed E-state index contributed by atoms with van der Waals surface area (Å²) in [6.45, 7) is 11.2. The quantitative estimate of drug-likeness (QED) is 0.393. The van der Waals surface area contributed by atoms with E-state index in [1.54, 1.807) is 0 Å². The van der Waals surface area contributed by atoms with Gasteiger partial charge in [-0.25, -0.2) is 0 Å². The van der Waals surface area contributed by atoms with E-state index in [9.17, 15) is 0 Å². The van der Waals surface area contributed by atoms with Crippen molar-refractivity contribution in [2.75, 3.05) is 32.7 Å².